The van der Waals surface area contributed by atoms with Crippen LogP contribution < -0.4 is 10.1 Å². The Bertz CT molecular complexity index is 675. The Morgan fingerprint density at radius 1 is 1.16 bits per heavy atom. The molecule has 0 bridgehead atoms. The van der Waals surface area contributed by atoms with Crippen molar-refractivity contribution in [2.24, 2.45) is 5.92 Å². The molecule has 25 heavy (non-hydrogen) atoms. The first kappa shape index (κ1) is 18.6. The van der Waals surface area contributed by atoms with E-state index in [4.69, 9.17) is 9.47 Å². The van der Waals surface area contributed by atoms with Gasteiger partial charge in [-0.3, -0.25) is 0 Å². The van der Waals surface area contributed by atoms with E-state index >= 15 is 0 Å². The van der Waals surface area contributed by atoms with Crippen LogP contribution in [0.3, 0.4) is 0 Å². The number of aliphatic hydroxyl groups is 1. The maximum absolute atomic E-state index is 11.8. The van der Waals surface area contributed by atoms with E-state index in [-0.39, 0.29) is 31.4 Å². The number of benzene rings is 2. The Hall–Kier alpha value is -2.73. The number of carbonyl (C=O) groups is 1. The second-order valence-corrected chi connectivity index (χ2v) is 5.70. The van der Waals surface area contributed by atoms with Crippen LogP contribution in [0.25, 0.3) is 0 Å². The minimum Gasteiger partial charge on any atom is -0.504 e. The van der Waals surface area contributed by atoms with Crippen LogP contribution in [0.1, 0.15) is 11.1 Å². The fourth-order valence-electron chi connectivity index (χ4n) is 2.40. The third-order valence-corrected chi connectivity index (χ3v) is 3.77. The summed E-state index contributed by atoms with van der Waals surface area (Å²) in [7, 11) is 1.48. The highest BCUT2D eigenvalue weighted by Gasteiger charge is 2.13. The lowest BCUT2D eigenvalue weighted by atomic mass is 9.99. The zero-order chi connectivity index (χ0) is 18.1. The van der Waals surface area contributed by atoms with Crippen LogP contribution in [0.2, 0.25) is 0 Å². The highest BCUT2D eigenvalue weighted by Crippen LogP contribution is 2.27. The molecule has 0 radical (unpaired) electrons. The molecule has 0 aliphatic heterocycles. The fourth-order valence-corrected chi connectivity index (χ4v) is 2.40. The lowest BCUT2D eigenvalue weighted by Gasteiger charge is -2.16. The standard InChI is InChI=1S/C19H23NO5/c1-24-18-8-7-15(10-17(18)22)9-16(12-21)11-20-19(23)25-13-14-5-3-2-4-6-14/h2-8,10,16,21-22H,9,11-13H2,1H3,(H,20,23). The molecular formula is C19H23NO5. The van der Waals surface area contributed by atoms with E-state index in [0.29, 0.717) is 12.2 Å². The number of amides is 1. The van der Waals surface area contributed by atoms with Crippen molar-refractivity contribution in [3.05, 3.63) is 59.7 Å². The van der Waals surface area contributed by atoms with Crippen molar-refractivity contribution < 1.29 is 24.5 Å². The van der Waals surface area contributed by atoms with Gasteiger partial charge in [0.25, 0.3) is 0 Å². The van der Waals surface area contributed by atoms with E-state index < -0.39 is 6.09 Å². The summed E-state index contributed by atoms with van der Waals surface area (Å²) in [5.74, 6) is 0.260. The average Bonchev–Trinajstić information content (AvgIpc) is 2.64. The molecule has 0 saturated heterocycles. The van der Waals surface area contributed by atoms with Crippen LogP contribution in [-0.4, -0.2) is 36.6 Å². The third-order valence-electron chi connectivity index (χ3n) is 3.77. The molecular weight excluding hydrogens is 322 g/mol. The first-order valence-corrected chi connectivity index (χ1v) is 8.03. The highest BCUT2D eigenvalue weighted by molar-refractivity contribution is 5.67. The molecule has 0 aromatic heterocycles. The van der Waals surface area contributed by atoms with E-state index in [1.165, 1.54) is 7.11 Å². The van der Waals surface area contributed by atoms with E-state index in [1.807, 2.05) is 36.4 Å². The molecule has 2 aromatic carbocycles. The number of alkyl carbamates (subject to hydrolysis) is 1. The summed E-state index contributed by atoms with van der Waals surface area (Å²) in [6, 6.07) is 14.5. The molecule has 0 aliphatic rings. The maximum atomic E-state index is 11.8. The fraction of sp³-hybridized carbons (Fsp3) is 0.316. The molecule has 2 aromatic rings. The van der Waals surface area contributed by atoms with Gasteiger partial charge in [-0.1, -0.05) is 36.4 Å². The molecule has 0 spiro atoms. The van der Waals surface area contributed by atoms with Crippen LogP contribution in [0.4, 0.5) is 4.79 Å². The van der Waals surface area contributed by atoms with Crippen LogP contribution in [0, 0.1) is 5.92 Å². The topological polar surface area (TPSA) is 88.0 Å². The summed E-state index contributed by atoms with van der Waals surface area (Å²) >= 11 is 0. The second kappa shape index (κ2) is 9.54. The van der Waals surface area contributed by atoms with E-state index in [0.717, 1.165) is 11.1 Å². The van der Waals surface area contributed by atoms with Crippen LogP contribution in [-0.2, 0) is 17.8 Å². The zero-order valence-corrected chi connectivity index (χ0v) is 14.1. The number of hydrogen-bond donors (Lipinski definition) is 3. The van der Waals surface area contributed by atoms with Gasteiger partial charge in [0, 0.05) is 19.1 Å². The minimum absolute atomic E-state index is 0.0481. The summed E-state index contributed by atoms with van der Waals surface area (Å²) < 4.78 is 10.1. The molecule has 2 rings (SSSR count). The highest BCUT2D eigenvalue weighted by atomic mass is 16.5. The Morgan fingerprint density at radius 3 is 2.56 bits per heavy atom. The van der Waals surface area contributed by atoms with Gasteiger partial charge in [0.05, 0.1) is 7.11 Å². The maximum Gasteiger partial charge on any atom is 0.407 e. The lowest BCUT2D eigenvalue weighted by Crippen LogP contribution is -2.32. The molecule has 134 valence electrons. The molecule has 1 atom stereocenters. The molecule has 0 aliphatic carbocycles. The number of ether oxygens (including phenoxy) is 2. The number of methoxy groups -OCH3 is 1. The largest absolute Gasteiger partial charge is 0.504 e. The van der Waals surface area contributed by atoms with Crippen molar-refractivity contribution in [2.45, 2.75) is 13.0 Å². The Kier molecular flexibility index (Phi) is 7.10. The Morgan fingerprint density at radius 2 is 1.92 bits per heavy atom. The van der Waals surface area contributed by atoms with Gasteiger partial charge in [-0.05, 0) is 29.7 Å². The first-order chi connectivity index (χ1) is 12.1. The summed E-state index contributed by atoms with van der Waals surface area (Å²) in [6.07, 6.45) is -0.0209. The average molecular weight is 345 g/mol. The van der Waals surface area contributed by atoms with Gasteiger partial charge < -0.3 is 25.0 Å². The van der Waals surface area contributed by atoms with Gasteiger partial charge in [0.15, 0.2) is 11.5 Å². The number of carbonyl (C=O) groups excluding carboxylic acids is 1. The van der Waals surface area contributed by atoms with Gasteiger partial charge in [-0.2, -0.15) is 0 Å². The van der Waals surface area contributed by atoms with Crippen molar-refractivity contribution >= 4 is 6.09 Å². The number of phenols is 1. The quantitative estimate of drug-likeness (QED) is 0.684. The second-order valence-electron chi connectivity index (χ2n) is 5.70. The summed E-state index contributed by atoms with van der Waals surface area (Å²) in [5, 5.41) is 21.9. The number of hydrogen-bond acceptors (Lipinski definition) is 5. The van der Waals surface area contributed by atoms with Crippen molar-refractivity contribution in [1.82, 2.24) is 5.32 Å². The van der Waals surface area contributed by atoms with Gasteiger partial charge in [-0.25, -0.2) is 4.79 Å². The number of aromatic hydroxyl groups is 1. The molecule has 0 fully saturated rings. The number of rotatable bonds is 8. The van der Waals surface area contributed by atoms with Crippen molar-refractivity contribution in [1.29, 1.82) is 0 Å². The van der Waals surface area contributed by atoms with Gasteiger partial charge in [-0.15, -0.1) is 0 Å². The summed E-state index contributed by atoms with van der Waals surface area (Å²) in [6.45, 7) is 0.380. The molecule has 1 unspecified atom stereocenters. The third kappa shape index (κ3) is 6.00. The number of aliphatic hydroxyl groups excluding tert-OH is 1. The predicted octanol–water partition coefficient (Wildman–Crippen LogP) is 2.48. The van der Waals surface area contributed by atoms with Crippen molar-refractivity contribution in [3.63, 3.8) is 0 Å². The summed E-state index contributed by atoms with van der Waals surface area (Å²) in [4.78, 5) is 11.8. The molecule has 6 nitrogen and oxygen atoms in total. The molecule has 3 N–H and O–H groups in total. The van der Waals surface area contributed by atoms with E-state index in [9.17, 15) is 15.0 Å². The Labute approximate surface area is 147 Å². The number of phenolic OH excluding ortho intramolecular Hbond substituents is 1. The molecule has 1 amide bonds. The molecule has 6 heteroatoms. The smallest absolute Gasteiger partial charge is 0.407 e. The Balaban J connectivity index is 1.79. The van der Waals surface area contributed by atoms with Crippen LogP contribution >= 0.6 is 0 Å². The van der Waals surface area contributed by atoms with Gasteiger partial charge in [0.2, 0.25) is 0 Å². The van der Waals surface area contributed by atoms with Gasteiger partial charge in [0.1, 0.15) is 6.61 Å². The van der Waals surface area contributed by atoms with Gasteiger partial charge >= 0.3 is 6.09 Å². The van der Waals surface area contributed by atoms with E-state index in [2.05, 4.69) is 5.32 Å². The molecule has 0 heterocycles. The molecule has 0 saturated carbocycles. The van der Waals surface area contributed by atoms with Crippen LogP contribution in [0.5, 0.6) is 11.5 Å². The van der Waals surface area contributed by atoms with Crippen molar-refractivity contribution in [2.75, 3.05) is 20.3 Å². The monoisotopic (exact) mass is 345 g/mol. The minimum atomic E-state index is -0.528. The SMILES string of the molecule is COc1ccc(CC(CO)CNC(=O)OCc2ccccc2)cc1O. The normalized spacial score (nSPS) is 11.6. The lowest BCUT2D eigenvalue weighted by molar-refractivity contribution is 0.135. The predicted molar refractivity (Wildman–Crippen MR) is 93.6 cm³/mol. The summed E-state index contributed by atoms with van der Waals surface area (Å²) in [5.41, 5.74) is 1.75. The van der Waals surface area contributed by atoms with Crippen molar-refractivity contribution in [3.8, 4) is 11.5 Å². The van der Waals surface area contributed by atoms with Crippen LogP contribution in [0.15, 0.2) is 48.5 Å². The first-order valence-electron chi connectivity index (χ1n) is 8.03. The van der Waals surface area contributed by atoms with E-state index in [1.54, 1.807) is 12.1 Å². The number of nitrogens with one attached hydrogen (secondary N) is 1. The zero-order valence-electron chi connectivity index (χ0n) is 14.1.